The van der Waals surface area contributed by atoms with E-state index in [4.69, 9.17) is 20.3 Å². The molecule has 0 bridgehead atoms. The topological polar surface area (TPSA) is 108 Å². The maximum absolute atomic E-state index is 14.2. The van der Waals surface area contributed by atoms with Crippen LogP contribution in [0.4, 0.5) is 10.3 Å². The molecular weight excluding hydrogens is 293 g/mol. The molecule has 0 radical (unpaired) electrons. The minimum Gasteiger partial charge on any atom is -0.476 e. The number of fused-ring (bicyclic) bond motifs is 1. The van der Waals surface area contributed by atoms with Gasteiger partial charge in [0.2, 0.25) is 17.7 Å². The number of ether oxygens (including phenoxy) is 2. The number of nitrogen functional groups attached to an aromatic ring is 1. The number of imidazole rings is 1. The summed E-state index contributed by atoms with van der Waals surface area (Å²) in [5.74, 6) is -1.90. The highest BCUT2D eigenvalue weighted by atomic mass is 19.2. The number of aliphatic hydroxyl groups excluding tert-OH is 1. The van der Waals surface area contributed by atoms with E-state index in [0.29, 0.717) is 17.8 Å². The normalized spacial score (nSPS) is 28.4. The molecule has 3 atom stereocenters. The molecule has 0 amide bonds. The van der Waals surface area contributed by atoms with Crippen molar-refractivity contribution in [3.05, 3.63) is 6.33 Å². The molecule has 3 rings (SSSR count). The lowest BCUT2D eigenvalue weighted by molar-refractivity contribution is -0.177. The number of aromatic nitrogens is 4. The highest BCUT2D eigenvalue weighted by Gasteiger charge is 2.46. The summed E-state index contributed by atoms with van der Waals surface area (Å²) in [6.07, 6.45) is 0.948. The monoisotopic (exact) mass is 311 g/mol. The zero-order valence-corrected chi connectivity index (χ0v) is 12.4. The van der Waals surface area contributed by atoms with E-state index in [1.807, 2.05) is 13.8 Å². The van der Waals surface area contributed by atoms with Crippen LogP contribution in [0.15, 0.2) is 6.33 Å². The molecule has 1 saturated heterocycles. The molecule has 3 heterocycles. The lowest BCUT2D eigenvalue weighted by Crippen LogP contribution is -2.27. The fourth-order valence-corrected chi connectivity index (χ4v) is 2.73. The first-order valence-corrected chi connectivity index (χ1v) is 7.08. The summed E-state index contributed by atoms with van der Waals surface area (Å²) >= 11 is 0. The lowest BCUT2D eigenvalue weighted by Gasteiger charge is -2.19. The molecule has 2 aromatic heterocycles. The molecule has 0 aliphatic carbocycles. The van der Waals surface area contributed by atoms with Gasteiger partial charge in [0.15, 0.2) is 11.2 Å². The largest absolute Gasteiger partial charge is 0.476 e. The Kier molecular flexibility index (Phi) is 3.61. The second-order valence-corrected chi connectivity index (χ2v) is 5.38. The molecule has 2 aromatic rings. The number of aliphatic hydroxyl groups is 1. The van der Waals surface area contributed by atoms with E-state index < -0.39 is 18.7 Å². The van der Waals surface area contributed by atoms with Gasteiger partial charge in [-0.1, -0.05) is 6.92 Å². The van der Waals surface area contributed by atoms with Crippen LogP contribution in [0.5, 0.6) is 5.88 Å². The number of alkyl halides is 1. The molecule has 120 valence electrons. The van der Waals surface area contributed by atoms with E-state index in [-0.39, 0.29) is 24.2 Å². The molecular formula is C13H18FN5O3. The van der Waals surface area contributed by atoms with Crippen LogP contribution in [-0.4, -0.2) is 43.7 Å². The second kappa shape index (κ2) is 5.33. The van der Waals surface area contributed by atoms with Gasteiger partial charge in [-0.15, -0.1) is 0 Å². The van der Waals surface area contributed by atoms with Gasteiger partial charge in [-0.25, -0.2) is 9.37 Å². The Hall–Kier alpha value is -2.00. The number of hydrogen-bond acceptors (Lipinski definition) is 7. The van der Waals surface area contributed by atoms with Crippen LogP contribution in [0.2, 0.25) is 0 Å². The SMILES string of the molecule is CCOc1nc(N)nc2c1ncn2[C@@H]1O[C@](F)(CO)C[C@@H]1C. The predicted molar refractivity (Wildman–Crippen MR) is 75.7 cm³/mol. The predicted octanol–water partition coefficient (Wildman–Crippen LogP) is 1.02. The van der Waals surface area contributed by atoms with Crippen LogP contribution >= 0.6 is 0 Å². The van der Waals surface area contributed by atoms with Gasteiger partial charge in [0, 0.05) is 12.3 Å². The Morgan fingerprint density at radius 2 is 2.36 bits per heavy atom. The molecule has 8 nitrogen and oxygen atoms in total. The van der Waals surface area contributed by atoms with Gasteiger partial charge in [-0.05, 0) is 6.92 Å². The number of halogens is 1. The Morgan fingerprint density at radius 3 is 3.00 bits per heavy atom. The summed E-state index contributed by atoms with van der Waals surface area (Å²) in [7, 11) is 0. The fraction of sp³-hybridized carbons (Fsp3) is 0.615. The van der Waals surface area contributed by atoms with Crippen LogP contribution in [0.3, 0.4) is 0 Å². The number of anilines is 1. The van der Waals surface area contributed by atoms with Crippen molar-refractivity contribution in [3.8, 4) is 5.88 Å². The zero-order chi connectivity index (χ0) is 15.9. The summed E-state index contributed by atoms with van der Waals surface area (Å²) in [5.41, 5.74) is 6.55. The number of rotatable bonds is 4. The van der Waals surface area contributed by atoms with Crippen LogP contribution in [0.25, 0.3) is 11.2 Å². The average molecular weight is 311 g/mol. The number of nitrogens with two attached hydrogens (primary N) is 1. The third-order valence-corrected chi connectivity index (χ3v) is 3.64. The van der Waals surface area contributed by atoms with Crippen LogP contribution in [-0.2, 0) is 4.74 Å². The lowest BCUT2D eigenvalue weighted by atomic mass is 10.1. The van der Waals surface area contributed by atoms with Gasteiger partial charge in [0.05, 0.1) is 12.9 Å². The van der Waals surface area contributed by atoms with Crippen molar-refractivity contribution < 1.29 is 19.0 Å². The first-order chi connectivity index (χ1) is 10.5. The van der Waals surface area contributed by atoms with E-state index in [9.17, 15) is 4.39 Å². The summed E-state index contributed by atoms with van der Waals surface area (Å²) in [6.45, 7) is 3.37. The standard InChI is InChI=1S/C13H18FN5O3/c1-3-21-10-8-9(17-12(15)18-10)19(6-16-8)11-7(2)4-13(14,5-20)22-11/h6-7,11,20H,3-5H2,1-2H3,(H2,15,17,18)/t7-,11+,13-/m0/s1. The van der Waals surface area contributed by atoms with E-state index in [0.717, 1.165) is 0 Å². The molecule has 22 heavy (non-hydrogen) atoms. The van der Waals surface area contributed by atoms with Crippen molar-refractivity contribution in [2.24, 2.45) is 5.92 Å². The van der Waals surface area contributed by atoms with E-state index in [2.05, 4.69) is 15.0 Å². The third kappa shape index (κ3) is 2.35. The minimum atomic E-state index is -2.05. The molecule has 1 aliphatic rings. The van der Waals surface area contributed by atoms with Crippen molar-refractivity contribution in [2.45, 2.75) is 32.4 Å². The molecule has 3 N–H and O–H groups in total. The average Bonchev–Trinajstić information content (AvgIpc) is 3.00. The molecule has 1 aliphatic heterocycles. The first-order valence-electron chi connectivity index (χ1n) is 7.08. The summed E-state index contributed by atoms with van der Waals surface area (Å²) < 4.78 is 26.6. The van der Waals surface area contributed by atoms with E-state index >= 15 is 0 Å². The van der Waals surface area contributed by atoms with Crippen molar-refractivity contribution in [1.82, 2.24) is 19.5 Å². The number of hydrogen-bond donors (Lipinski definition) is 2. The van der Waals surface area contributed by atoms with Crippen molar-refractivity contribution in [3.63, 3.8) is 0 Å². The van der Waals surface area contributed by atoms with Gasteiger partial charge in [0.25, 0.3) is 0 Å². The van der Waals surface area contributed by atoms with Gasteiger partial charge in [-0.3, -0.25) is 4.57 Å². The van der Waals surface area contributed by atoms with Gasteiger partial charge < -0.3 is 20.3 Å². The second-order valence-electron chi connectivity index (χ2n) is 5.38. The van der Waals surface area contributed by atoms with Crippen molar-refractivity contribution in [1.29, 1.82) is 0 Å². The summed E-state index contributed by atoms with van der Waals surface area (Å²) in [4.78, 5) is 12.4. The molecule has 9 heteroatoms. The maximum Gasteiger partial charge on any atom is 0.247 e. The van der Waals surface area contributed by atoms with Crippen LogP contribution in [0.1, 0.15) is 26.5 Å². The fourth-order valence-electron chi connectivity index (χ4n) is 2.73. The quantitative estimate of drug-likeness (QED) is 0.867. The molecule has 0 unspecified atom stereocenters. The van der Waals surface area contributed by atoms with Gasteiger partial charge in [-0.2, -0.15) is 9.97 Å². The molecule has 0 saturated carbocycles. The first kappa shape index (κ1) is 14.9. The van der Waals surface area contributed by atoms with Crippen LogP contribution in [0, 0.1) is 5.92 Å². The zero-order valence-electron chi connectivity index (χ0n) is 12.4. The van der Waals surface area contributed by atoms with E-state index in [1.165, 1.54) is 6.33 Å². The minimum absolute atomic E-state index is 0.0389. The molecule has 1 fully saturated rings. The van der Waals surface area contributed by atoms with Gasteiger partial charge >= 0.3 is 0 Å². The molecule has 0 spiro atoms. The van der Waals surface area contributed by atoms with Crippen LogP contribution < -0.4 is 10.5 Å². The Labute approximate surface area is 126 Å². The van der Waals surface area contributed by atoms with Crippen molar-refractivity contribution in [2.75, 3.05) is 18.9 Å². The Balaban J connectivity index is 2.05. The maximum atomic E-state index is 14.2. The third-order valence-electron chi connectivity index (χ3n) is 3.64. The highest BCUT2D eigenvalue weighted by Crippen LogP contribution is 2.42. The van der Waals surface area contributed by atoms with E-state index in [1.54, 1.807) is 4.57 Å². The number of nitrogens with zero attached hydrogens (tertiary/aromatic N) is 4. The summed E-state index contributed by atoms with van der Waals surface area (Å²) in [5, 5.41) is 9.14. The van der Waals surface area contributed by atoms with Gasteiger partial charge in [0.1, 0.15) is 12.8 Å². The Morgan fingerprint density at radius 1 is 1.59 bits per heavy atom. The highest BCUT2D eigenvalue weighted by molar-refractivity contribution is 5.77. The Bertz CT molecular complexity index is 694. The molecule has 0 aromatic carbocycles. The smallest absolute Gasteiger partial charge is 0.247 e. The summed E-state index contributed by atoms with van der Waals surface area (Å²) in [6, 6.07) is 0. The van der Waals surface area contributed by atoms with Crippen molar-refractivity contribution >= 4 is 17.1 Å².